The van der Waals surface area contributed by atoms with Crippen molar-refractivity contribution in [1.82, 2.24) is 30.0 Å². The minimum absolute atomic E-state index is 0.115. The van der Waals surface area contributed by atoms with E-state index >= 15 is 0 Å². The molecule has 9 nitrogen and oxygen atoms in total. The predicted octanol–water partition coefficient (Wildman–Crippen LogP) is 2.43. The highest BCUT2D eigenvalue weighted by Gasteiger charge is 2.31. The first-order valence-electron chi connectivity index (χ1n) is 9.37. The van der Waals surface area contributed by atoms with E-state index in [1.165, 1.54) is 17.7 Å². The number of pyridine rings is 1. The summed E-state index contributed by atoms with van der Waals surface area (Å²) < 4.78 is 0. The zero-order valence-corrected chi connectivity index (χ0v) is 17.0. The zero-order valence-electron chi connectivity index (χ0n) is 16.2. The molecule has 4 heterocycles. The molecule has 10 heteroatoms. The van der Waals surface area contributed by atoms with Crippen LogP contribution in [-0.2, 0) is 4.79 Å². The summed E-state index contributed by atoms with van der Waals surface area (Å²) in [7, 11) is 0. The largest absolute Gasteiger partial charge is 0.336 e. The van der Waals surface area contributed by atoms with Crippen molar-refractivity contribution in [2.45, 2.75) is 26.7 Å². The fourth-order valence-corrected chi connectivity index (χ4v) is 4.15. The molecule has 3 aromatic heterocycles. The molecule has 150 valence electrons. The highest BCUT2D eigenvalue weighted by molar-refractivity contribution is 7.15. The lowest BCUT2D eigenvalue weighted by Gasteiger charge is -2.31. The van der Waals surface area contributed by atoms with Crippen LogP contribution in [0.25, 0.3) is 10.8 Å². The van der Waals surface area contributed by atoms with Gasteiger partial charge in [0.2, 0.25) is 5.91 Å². The van der Waals surface area contributed by atoms with Gasteiger partial charge >= 0.3 is 0 Å². The summed E-state index contributed by atoms with van der Waals surface area (Å²) in [4.78, 5) is 41.0. The Bertz CT molecular complexity index is 1010. The molecule has 1 fully saturated rings. The van der Waals surface area contributed by atoms with Crippen LogP contribution >= 0.6 is 11.3 Å². The Balaban J connectivity index is 1.44. The van der Waals surface area contributed by atoms with Crippen LogP contribution in [0, 0.1) is 19.8 Å². The number of aromatic amines is 1. The molecule has 4 rings (SSSR count). The average molecular weight is 411 g/mol. The van der Waals surface area contributed by atoms with E-state index in [2.05, 4.69) is 30.5 Å². The second kappa shape index (κ2) is 8.08. The van der Waals surface area contributed by atoms with Crippen molar-refractivity contribution >= 4 is 29.0 Å². The Kier molecular flexibility index (Phi) is 5.34. The number of nitrogens with zero attached hydrogens (tertiary/aromatic N) is 5. The molecule has 1 unspecified atom stereocenters. The minimum atomic E-state index is -0.275. The van der Waals surface area contributed by atoms with Gasteiger partial charge in [-0.1, -0.05) is 6.07 Å². The molecule has 2 N–H and O–H groups in total. The quantitative estimate of drug-likeness (QED) is 0.681. The molecule has 0 aromatic carbocycles. The Morgan fingerprint density at radius 1 is 1.28 bits per heavy atom. The first-order valence-corrected chi connectivity index (χ1v) is 10.2. The number of rotatable bonds is 4. The van der Waals surface area contributed by atoms with E-state index in [0.29, 0.717) is 35.4 Å². The van der Waals surface area contributed by atoms with Gasteiger partial charge in [0.15, 0.2) is 10.8 Å². The molecule has 0 spiro atoms. The topological polar surface area (TPSA) is 117 Å². The number of thiazole rings is 1. The molecule has 2 amide bonds. The molecule has 1 aliphatic heterocycles. The molecule has 0 saturated carbocycles. The fraction of sp³-hybridized carbons (Fsp3) is 0.368. The van der Waals surface area contributed by atoms with Crippen LogP contribution in [0.5, 0.6) is 0 Å². The van der Waals surface area contributed by atoms with E-state index in [-0.39, 0.29) is 17.7 Å². The van der Waals surface area contributed by atoms with Crippen molar-refractivity contribution in [2.75, 3.05) is 18.4 Å². The van der Waals surface area contributed by atoms with Gasteiger partial charge in [-0.3, -0.25) is 14.7 Å². The number of nitrogens with one attached hydrogen (secondary N) is 2. The lowest BCUT2D eigenvalue weighted by Crippen LogP contribution is -2.44. The maximum Gasteiger partial charge on any atom is 0.273 e. The number of carbonyl (C=O) groups is 2. The molecule has 3 aromatic rings. The number of aryl methyl sites for hydroxylation is 2. The van der Waals surface area contributed by atoms with E-state index in [1.54, 1.807) is 17.2 Å². The number of amides is 2. The molecule has 1 aliphatic rings. The molecular weight excluding hydrogens is 390 g/mol. The zero-order chi connectivity index (χ0) is 20.4. The van der Waals surface area contributed by atoms with Crippen LogP contribution in [-0.4, -0.2) is 55.0 Å². The summed E-state index contributed by atoms with van der Waals surface area (Å²) in [6, 6.07) is 3.68. The van der Waals surface area contributed by atoms with Gasteiger partial charge in [-0.05, 0) is 38.3 Å². The lowest BCUT2D eigenvalue weighted by atomic mass is 9.97. The van der Waals surface area contributed by atoms with Crippen LogP contribution in [0.2, 0.25) is 0 Å². The summed E-state index contributed by atoms with van der Waals surface area (Å²) >= 11 is 1.39. The predicted molar refractivity (Wildman–Crippen MR) is 108 cm³/mol. The second-order valence-corrected chi connectivity index (χ2v) is 8.26. The summed E-state index contributed by atoms with van der Waals surface area (Å²) in [6.07, 6.45) is 4.62. The van der Waals surface area contributed by atoms with Crippen LogP contribution in [0.3, 0.4) is 0 Å². The number of anilines is 1. The monoisotopic (exact) mass is 411 g/mol. The number of likely N-dealkylation sites (tertiary alicyclic amines) is 1. The van der Waals surface area contributed by atoms with Gasteiger partial charge < -0.3 is 10.2 Å². The molecule has 0 aliphatic carbocycles. The number of piperidine rings is 1. The number of hydrogen-bond acceptors (Lipinski definition) is 7. The van der Waals surface area contributed by atoms with E-state index < -0.39 is 0 Å². The van der Waals surface area contributed by atoms with E-state index in [1.807, 2.05) is 19.9 Å². The standard InChI is InChI=1S/C19H21N7O2S/c1-11-5-6-14(20-8-11)23-17(27)13-4-3-7-26(9-13)19(28)15-12(2)29-18(24-15)16-21-10-22-25-16/h5-6,8,10,13H,3-4,7,9H2,1-2H3,(H,20,23,27)(H,21,22,25). The van der Waals surface area contributed by atoms with Gasteiger partial charge in [-0.15, -0.1) is 11.3 Å². The second-order valence-electron chi connectivity index (χ2n) is 7.06. The number of aromatic nitrogens is 5. The van der Waals surface area contributed by atoms with Crippen molar-refractivity contribution in [3.8, 4) is 10.8 Å². The van der Waals surface area contributed by atoms with Crippen molar-refractivity contribution in [3.05, 3.63) is 40.8 Å². The molecule has 0 radical (unpaired) electrons. The van der Waals surface area contributed by atoms with Gasteiger partial charge in [0, 0.05) is 24.2 Å². The molecule has 29 heavy (non-hydrogen) atoms. The van der Waals surface area contributed by atoms with E-state index in [4.69, 9.17) is 0 Å². The maximum atomic E-state index is 13.0. The van der Waals surface area contributed by atoms with Crippen molar-refractivity contribution in [2.24, 2.45) is 5.92 Å². The molecule has 1 atom stereocenters. The van der Waals surface area contributed by atoms with E-state index in [9.17, 15) is 9.59 Å². The summed E-state index contributed by atoms with van der Waals surface area (Å²) in [5.41, 5.74) is 1.43. The normalized spacial score (nSPS) is 16.6. The average Bonchev–Trinajstić information content (AvgIpc) is 3.39. The Morgan fingerprint density at radius 3 is 2.86 bits per heavy atom. The van der Waals surface area contributed by atoms with Gasteiger partial charge in [-0.2, -0.15) is 5.10 Å². The third-order valence-electron chi connectivity index (χ3n) is 4.86. The summed E-state index contributed by atoms with van der Waals surface area (Å²) in [5.74, 6) is 0.518. The Hall–Kier alpha value is -3.14. The van der Waals surface area contributed by atoms with Crippen LogP contribution in [0.4, 0.5) is 5.82 Å². The number of H-pyrrole nitrogens is 1. The highest BCUT2D eigenvalue weighted by Crippen LogP contribution is 2.27. The molecule has 1 saturated heterocycles. The van der Waals surface area contributed by atoms with E-state index in [0.717, 1.165) is 23.3 Å². The minimum Gasteiger partial charge on any atom is -0.336 e. The van der Waals surface area contributed by atoms with Crippen LogP contribution < -0.4 is 5.32 Å². The molecule has 0 bridgehead atoms. The number of hydrogen-bond donors (Lipinski definition) is 2. The SMILES string of the molecule is Cc1ccc(NC(=O)C2CCCN(C(=O)c3nc(-c4ncn[nH]4)sc3C)C2)nc1. The Labute approximate surface area is 171 Å². The first kappa shape index (κ1) is 19.2. The fourth-order valence-electron chi connectivity index (χ4n) is 3.30. The van der Waals surface area contributed by atoms with Crippen LogP contribution in [0.1, 0.15) is 33.8 Å². The maximum absolute atomic E-state index is 13.0. The lowest BCUT2D eigenvalue weighted by molar-refractivity contribution is -0.121. The third kappa shape index (κ3) is 4.16. The number of carbonyl (C=O) groups excluding carboxylic acids is 2. The van der Waals surface area contributed by atoms with Crippen molar-refractivity contribution < 1.29 is 9.59 Å². The van der Waals surface area contributed by atoms with Gasteiger partial charge in [0.25, 0.3) is 5.91 Å². The Morgan fingerprint density at radius 2 is 2.14 bits per heavy atom. The van der Waals surface area contributed by atoms with Crippen LogP contribution in [0.15, 0.2) is 24.7 Å². The van der Waals surface area contributed by atoms with Gasteiger partial charge in [0.1, 0.15) is 17.8 Å². The van der Waals surface area contributed by atoms with Crippen molar-refractivity contribution in [1.29, 1.82) is 0 Å². The summed E-state index contributed by atoms with van der Waals surface area (Å²) in [6.45, 7) is 4.78. The first-order chi connectivity index (χ1) is 14.0. The van der Waals surface area contributed by atoms with Crippen molar-refractivity contribution in [3.63, 3.8) is 0 Å². The van der Waals surface area contributed by atoms with Gasteiger partial charge in [0.05, 0.1) is 5.92 Å². The van der Waals surface area contributed by atoms with Gasteiger partial charge in [-0.25, -0.2) is 15.0 Å². The smallest absolute Gasteiger partial charge is 0.273 e. The summed E-state index contributed by atoms with van der Waals surface area (Å²) in [5, 5.41) is 10.1. The highest BCUT2D eigenvalue weighted by atomic mass is 32.1. The third-order valence-corrected chi connectivity index (χ3v) is 5.84. The molecular formula is C19H21N7O2S.